The van der Waals surface area contributed by atoms with Gasteiger partial charge in [0.25, 0.3) is 15.9 Å². The highest BCUT2D eigenvalue weighted by Gasteiger charge is 2.64. The van der Waals surface area contributed by atoms with E-state index in [1.54, 1.807) is 6.92 Å². The zero-order valence-electron chi connectivity index (χ0n) is 27.6. The van der Waals surface area contributed by atoms with Crippen LogP contribution in [0.15, 0.2) is 53.4 Å². The third kappa shape index (κ3) is 7.24. The zero-order valence-corrected chi connectivity index (χ0v) is 28.5. The van der Waals surface area contributed by atoms with Crippen LogP contribution >= 0.6 is 0 Å². The molecule has 0 spiro atoms. The molecule has 1 aliphatic heterocycles. The lowest BCUT2D eigenvalue weighted by Gasteiger charge is -2.43. The minimum atomic E-state index is -4.49. The highest BCUT2D eigenvalue weighted by molar-refractivity contribution is 7.92. The van der Waals surface area contributed by atoms with Gasteiger partial charge in [-0.3, -0.25) is 9.59 Å². The molecule has 3 aliphatic rings. The molecule has 262 valence electrons. The molecule has 49 heavy (non-hydrogen) atoms. The number of anilines is 1. The second kappa shape index (κ2) is 13.3. The van der Waals surface area contributed by atoms with Gasteiger partial charge >= 0.3 is 6.18 Å². The third-order valence-electron chi connectivity index (χ3n) is 9.97. The SMILES string of the molecule is CCC(=O)N[C@H]1CC[C@@H](N2C(=O)c3cccc(c3)S(=O)(=O)Nc3nc(cc(-c4c(C)cccc4C)n3)OC[C@H]2CC2(C(F)(F)F)CC2)CC1. The Morgan fingerprint density at radius 3 is 2.35 bits per heavy atom. The molecular weight excluding hydrogens is 659 g/mol. The Balaban J connectivity index is 1.46. The Kier molecular flexibility index (Phi) is 9.38. The summed E-state index contributed by atoms with van der Waals surface area (Å²) in [5.74, 6) is -0.999. The van der Waals surface area contributed by atoms with Crippen LogP contribution in [-0.2, 0) is 14.8 Å². The first-order chi connectivity index (χ1) is 23.2. The standard InChI is InChI=1S/C35H40F3N5O5S/c1-4-29(44)39-24-11-13-25(14-12-24)43-26(19-34(15-16-34)35(36,37)38)20-48-30-18-28(31-21(2)7-5-8-22(31)3)40-33(41-30)42-49(46,47)27-10-6-9-23(17-27)32(43)45/h5-10,17-18,24-26H,4,11-16,19-20H2,1-3H3,(H,39,44)(H,40,41,42)/t24-,25+,26-/m1/s1. The summed E-state index contributed by atoms with van der Waals surface area (Å²) in [5.41, 5.74) is 0.890. The number of hydrogen-bond donors (Lipinski definition) is 2. The van der Waals surface area contributed by atoms with E-state index in [0.717, 1.165) is 16.7 Å². The van der Waals surface area contributed by atoms with Crippen molar-refractivity contribution in [3.63, 3.8) is 0 Å². The topological polar surface area (TPSA) is 131 Å². The summed E-state index contributed by atoms with van der Waals surface area (Å²) >= 11 is 0. The highest BCUT2D eigenvalue weighted by Crippen LogP contribution is 2.61. The summed E-state index contributed by atoms with van der Waals surface area (Å²) < 4.78 is 79.4. The van der Waals surface area contributed by atoms with E-state index >= 15 is 0 Å². The van der Waals surface area contributed by atoms with Gasteiger partial charge in [-0.2, -0.15) is 18.2 Å². The first kappa shape index (κ1) is 34.7. The van der Waals surface area contributed by atoms with E-state index in [4.69, 9.17) is 4.74 Å². The quantitative estimate of drug-likeness (QED) is 0.307. The van der Waals surface area contributed by atoms with Crippen molar-refractivity contribution in [1.82, 2.24) is 20.2 Å². The minimum absolute atomic E-state index is 0.0224. The molecule has 4 bridgehead atoms. The van der Waals surface area contributed by atoms with Crippen molar-refractivity contribution in [2.24, 2.45) is 5.41 Å². The predicted molar refractivity (Wildman–Crippen MR) is 176 cm³/mol. The maximum Gasteiger partial charge on any atom is 0.394 e. The second-order valence-electron chi connectivity index (χ2n) is 13.4. The number of sulfonamides is 1. The fourth-order valence-corrected chi connectivity index (χ4v) is 8.09. The van der Waals surface area contributed by atoms with Crippen molar-refractivity contribution < 1.29 is 35.9 Å². The largest absolute Gasteiger partial charge is 0.475 e. The Labute approximate surface area is 283 Å². The molecule has 0 radical (unpaired) electrons. The number of aryl methyl sites for hydroxylation is 2. The molecule has 2 N–H and O–H groups in total. The smallest absolute Gasteiger partial charge is 0.394 e. The number of rotatable bonds is 6. The van der Waals surface area contributed by atoms with Crippen molar-refractivity contribution in [2.75, 3.05) is 11.3 Å². The molecule has 2 aliphatic carbocycles. The van der Waals surface area contributed by atoms with Gasteiger partial charge < -0.3 is 15.0 Å². The van der Waals surface area contributed by atoms with Crippen LogP contribution in [0.2, 0.25) is 0 Å². The van der Waals surface area contributed by atoms with Gasteiger partial charge in [-0.1, -0.05) is 31.2 Å². The van der Waals surface area contributed by atoms with Gasteiger partial charge in [0, 0.05) is 35.7 Å². The maximum atomic E-state index is 14.5. The van der Waals surface area contributed by atoms with E-state index < -0.39 is 39.6 Å². The molecule has 2 aromatic carbocycles. The van der Waals surface area contributed by atoms with Gasteiger partial charge in [-0.05, 0) is 88.1 Å². The number of carbonyl (C=O) groups is 2. The van der Waals surface area contributed by atoms with Crippen molar-refractivity contribution >= 4 is 27.8 Å². The number of nitrogens with zero attached hydrogens (tertiary/aromatic N) is 3. The predicted octanol–water partition coefficient (Wildman–Crippen LogP) is 6.33. The molecule has 0 saturated heterocycles. The molecule has 2 saturated carbocycles. The van der Waals surface area contributed by atoms with Crippen molar-refractivity contribution in [2.45, 2.75) is 101 Å². The van der Waals surface area contributed by atoms with Crippen molar-refractivity contribution in [3.05, 3.63) is 65.2 Å². The third-order valence-corrected chi connectivity index (χ3v) is 11.3. The summed E-state index contributed by atoms with van der Waals surface area (Å²) in [6.07, 6.45) is -2.72. The fraction of sp³-hybridized carbons (Fsp3) is 0.486. The molecular formula is C35H40F3N5O5S. The van der Waals surface area contributed by atoms with E-state index in [1.165, 1.54) is 35.2 Å². The molecule has 1 atom stereocenters. The van der Waals surface area contributed by atoms with E-state index in [0.29, 0.717) is 37.8 Å². The summed E-state index contributed by atoms with van der Waals surface area (Å²) in [7, 11) is -4.31. The number of fused-ring (bicyclic) bond motifs is 4. The average molecular weight is 700 g/mol. The Morgan fingerprint density at radius 1 is 1.04 bits per heavy atom. The van der Waals surface area contributed by atoms with Gasteiger partial charge in [0.05, 0.1) is 22.0 Å². The summed E-state index contributed by atoms with van der Waals surface area (Å²) in [5, 5.41) is 2.99. The lowest BCUT2D eigenvalue weighted by molar-refractivity contribution is -0.193. The van der Waals surface area contributed by atoms with E-state index in [-0.39, 0.29) is 60.1 Å². The van der Waals surface area contributed by atoms with Crippen molar-refractivity contribution in [3.8, 4) is 17.1 Å². The number of aromatic nitrogens is 2. The molecule has 2 heterocycles. The van der Waals surface area contributed by atoms with Gasteiger partial charge in [-0.15, -0.1) is 0 Å². The van der Waals surface area contributed by atoms with Crippen LogP contribution in [0.1, 0.15) is 79.8 Å². The Morgan fingerprint density at radius 2 is 1.71 bits per heavy atom. The zero-order chi connectivity index (χ0) is 35.1. The van der Waals surface area contributed by atoms with Crippen LogP contribution in [0.3, 0.4) is 0 Å². The molecule has 0 unspecified atom stereocenters. The van der Waals surface area contributed by atoms with Gasteiger partial charge in [-0.25, -0.2) is 18.1 Å². The number of ether oxygens (including phenoxy) is 1. The Bertz CT molecular complexity index is 1840. The van der Waals surface area contributed by atoms with Crippen molar-refractivity contribution in [1.29, 1.82) is 0 Å². The number of hydrogen-bond acceptors (Lipinski definition) is 7. The molecule has 2 amide bonds. The highest BCUT2D eigenvalue weighted by atomic mass is 32.2. The maximum absolute atomic E-state index is 14.5. The van der Waals surface area contributed by atoms with Gasteiger partial charge in [0.2, 0.25) is 17.7 Å². The normalized spacial score (nSPS) is 23.2. The lowest BCUT2D eigenvalue weighted by Crippen LogP contribution is -2.53. The Hall–Kier alpha value is -4.20. The fourth-order valence-electron chi connectivity index (χ4n) is 7.10. The van der Waals surface area contributed by atoms with E-state index in [1.807, 2.05) is 32.0 Å². The van der Waals surface area contributed by atoms with Crippen LogP contribution in [0.5, 0.6) is 5.88 Å². The number of alkyl halides is 3. The number of carbonyl (C=O) groups excluding carboxylic acids is 2. The lowest BCUT2D eigenvalue weighted by atomic mass is 9.87. The van der Waals surface area contributed by atoms with Crippen LogP contribution in [0.25, 0.3) is 11.3 Å². The molecule has 14 heteroatoms. The van der Waals surface area contributed by atoms with E-state index in [9.17, 15) is 31.2 Å². The first-order valence-corrected chi connectivity index (χ1v) is 18.1. The molecule has 3 aromatic rings. The first-order valence-electron chi connectivity index (χ1n) is 16.6. The molecule has 6 rings (SSSR count). The number of halogens is 3. The van der Waals surface area contributed by atoms with Crippen LogP contribution in [0.4, 0.5) is 19.1 Å². The molecule has 1 aromatic heterocycles. The summed E-state index contributed by atoms with van der Waals surface area (Å²) in [6.45, 7) is 5.21. The number of amides is 2. The van der Waals surface area contributed by atoms with Crippen LogP contribution in [0, 0.1) is 19.3 Å². The van der Waals surface area contributed by atoms with E-state index in [2.05, 4.69) is 20.0 Å². The number of benzene rings is 2. The molecule has 2 fully saturated rings. The minimum Gasteiger partial charge on any atom is -0.475 e. The summed E-state index contributed by atoms with van der Waals surface area (Å²) in [4.78, 5) is 36.6. The second-order valence-corrected chi connectivity index (χ2v) is 15.1. The number of nitrogens with one attached hydrogen (secondary N) is 2. The van der Waals surface area contributed by atoms with Gasteiger partial charge in [0.1, 0.15) is 6.61 Å². The van der Waals surface area contributed by atoms with Crippen LogP contribution < -0.4 is 14.8 Å². The summed E-state index contributed by atoms with van der Waals surface area (Å²) in [6, 6.07) is 11.0. The van der Waals surface area contributed by atoms with Gasteiger partial charge in [0.15, 0.2) is 0 Å². The van der Waals surface area contributed by atoms with Crippen LogP contribution in [-0.4, -0.2) is 66.0 Å². The monoisotopic (exact) mass is 699 g/mol. The average Bonchev–Trinajstić information content (AvgIpc) is 3.85. The molecule has 10 nitrogen and oxygen atoms in total.